The van der Waals surface area contributed by atoms with Gasteiger partial charge in [0.2, 0.25) is 0 Å². The van der Waals surface area contributed by atoms with Crippen LogP contribution in [0, 0.1) is 0 Å². The molecule has 20 heavy (non-hydrogen) atoms. The summed E-state index contributed by atoms with van der Waals surface area (Å²) in [6.45, 7) is 1.98. The number of nitrogens with one attached hydrogen (secondary N) is 2. The number of imidazole rings is 1. The maximum Gasteiger partial charge on any atom is 0.315 e. The molecule has 1 saturated carbocycles. The molecule has 0 unspecified atom stereocenters. The molecule has 1 fully saturated rings. The van der Waals surface area contributed by atoms with E-state index in [4.69, 9.17) is 0 Å². The summed E-state index contributed by atoms with van der Waals surface area (Å²) in [5, 5.41) is 7.73. The molecule has 2 amide bonds. The highest BCUT2D eigenvalue weighted by Crippen LogP contribution is 2.38. The maximum absolute atomic E-state index is 11.7. The van der Waals surface area contributed by atoms with Crippen molar-refractivity contribution in [2.75, 3.05) is 6.54 Å². The average molecular weight is 290 g/mol. The van der Waals surface area contributed by atoms with E-state index in [1.54, 1.807) is 11.3 Å². The first-order valence-corrected chi connectivity index (χ1v) is 7.76. The van der Waals surface area contributed by atoms with Crippen molar-refractivity contribution in [3.63, 3.8) is 0 Å². The number of urea groups is 1. The van der Waals surface area contributed by atoms with Gasteiger partial charge in [0.25, 0.3) is 0 Å². The summed E-state index contributed by atoms with van der Waals surface area (Å²) < 4.78 is 2.14. The van der Waals surface area contributed by atoms with E-state index in [-0.39, 0.29) is 6.03 Å². The lowest BCUT2D eigenvalue weighted by atomic mass is 10.4. The van der Waals surface area contributed by atoms with Crippen LogP contribution in [0.1, 0.15) is 29.5 Å². The summed E-state index contributed by atoms with van der Waals surface area (Å²) >= 11 is 1.64. The van der Waals surface area contributed by atoms with Crippen LogP contribution in [-0.4, -0.2) is 22.1 Å². The third-order valence-electron chi connectivity index (χ3n) is 3.33. The van der Waals surface area contributed by atoms with Gasteiger partial charge in [0.05, 0.1) is 6.54 Å². The molecule has 0 atom stereocenters. The van der Waals surface area contributed by atoms with Crippen molar-refractivity contribution in [2.24, 2.45) is 0 Å². The lowest BCUT2D eigenvalue weighted by Gasteiger charge is -2.09. The normalized spacial score (nSPS) is 14.2. The Morgan fingerprint density at radius 2 is 2.35 bits per heavy atom. The van der Waals surface area contributed by atoms with Gasteiger partial charge in [-0.25, -0.2) is 9.78 Å². The summed E-state index contributed by atoms with van der Waals surface area (Å²) in [6.07, 6.45) is 6.31. The predicted molar refractivity (Wildman–Crippen MR) is 78.8 cm³/mol. The number of thiophene rings is 1. The third-order valence-corrected chi connectivity index (χ3v) is 4.21. The minimum absolute atomic E-state index is 0.119. The molecule has 2 N–H and O–H groups in total. The van der Waals surface area contributed by atoms with Crippen LogP contribution >= 0.6 is 11.3 Å². The Hall–Kier alpha value is -1.82. The first-order valence-electron chi connectivity index (χ1n) is 6.88. The van der Waals surface area contributed by atoms with Crippen molar-refractivity contribution in [3.05, 3.63) is 40.6 Å². The van der Waals surface area contributed by atoms with E-state index in [0.29, 0.717) is 19.0 Å². The first kappa shape index (κ1) is 13.2. The van der Waals surface area contributed by atoms with E-state index in [1.165, 1.54) is 12.8 Å². The highest BCUT2D eigenvalue weighted by atomic mass is 32.1. The molecule has 5 nitrogen and oxygen atoms in total. The Labute approximate surface area is 122 Å². The molecule has 0 aliphatic heterocycles. The highest BCUT2D eigenvalue weighted by Gasteiger charge is 2.27. The van der Waals surface area contributed by atoms with Gasteiger partial charge in [-0.3, -0.25) is 0 Å². The van der Waals surface area contributed by atoms with Gasteiger partial charge in [-0.2, -0.15) is 0 Å². The SMILES string of the molecule is O=C(NCCn1ccnc1C1CC1)NCc1cccs1. The number of amides is 2. The van der Waals surface area contributed by atoms with Crippen LogP contribution in [0.3, 0.4) is 0 Å². The van der Waals surface area contributed by atoms with Gasteiger partial charge < -0.3 is 15.2 Å². The Bertz CT molecular complexity index is 560. The Kier molecular flexibility index (Phi) is 4.01. The summed E-state index contributed by atoms with van der Waals surface area (Å²) in [7, 11) is 0. The van der Waals surface area contributed by atoms with E-state index in [0.717, 1.165) is 17.2 Å². The summed E-state index contributed by atoms with van der Waals surface area (Å²) in [5.74, 6) is 1.79. The lowest BCUT2D eigenvalue weighted by molar-refractivity contribution is 0.240. The van der Waals surface area contributed by atoms with Crippen molar-refractivity contribution < 1.29 is 4.79 Å². The average Bonchev–Trinajstić information content (AvgIpc) is 2.98. The van der Waals surface area contributed by atoms with Crippen LogP contribution in [-0.2, 0) is 13.1 Å². The van der Waals surface area contributed by atoms with Crippen molar-refractivity contribution in [1.82, 2.24) is 20.2 Å². The van der Waals surface area contributed by atoms with Crippen molar-refractivity contribution >= 4 is 17.4 Å². The van der Waals surface area contributed by atoms with E-state index in [9.17, 15) is 4.79 Å². The van der Waals surface area contributed by atoms with Gasteiger partial charge in [0, 0.05) is 36.3 Å². The number of hydrogen-bond acceptors (Lipinski definition) is 3. The van der Waals surface area contributed by atoms with E-state index in [1.807, 2.05) is 29.9 Å². The topological polar surface area (TPSA) is 59.0 Å². The smallest absolute Gasteiger partial charge is 0.315 e. The molecule has 0 bridgehead atoms. The molecule has 0 aromatic carbocycles. The number of hydrogen-bond donors (Lipinski definition) is 2. The molecule has 6 heteroatoms. The van der Waals surface area contributed by atoms with Crippen molar-refractivity contribution in [2.45, 2.75) is 31.8 Å². The molecule has 106 valence electrons. The second-order valence-corrected chi connectivity index (χ2v) is 5.97. The zero-order chi connectivity index (χ0) is 13.8. The number of rotatable bonds is 6. The molecule has 2 heterocycles. The maximum atomic E-state index is 11.7. The molecule has 3 rings (SSSR count). The van der Waals surface area contributed by atoms with Crippen molar-refractivity contribution in [1.29, 1.82) is 0 Å². The predicted octanol–water partition coefficient (Wildman–Crippen LogP) is 2.32. The number of nitrogens with zero attached hydrogens (tertiary/aromatic N) is 2. The third kappa shape index (κ3) is 3.39. The van der Waals surface area contributed by atoms with Gasteiger partial charge in [-0.05, 0) is 24.3 Å². The fourth-order valence-corrected chi connectivity index (χ4v) is 2.79. The summed E-state index contributed by atoms with van der Waals surface area (Å²) in [5.41, 5.74) is 0. The van der Waals surface area contributed by atoms with Gasteiger partial charge in [0.15, 0.2) is 0 Å². The quantitative estimate of drug-likeness (QED) is 0.858. The molecular weight excluding hydrogens is 272 g/mol. The minimum Gasteiger partial charge on any atom is -0.336 e. The molecule has 2 aromatic heterocycles. The van der Waals surface area contributed by atoms with Gasteiger partial charge in [-0.15, -0.1) is 11.3 Å². The monoisotopic (exact) mass is 290 g/mol. The number of carbonyl (C=O) groups is 1. The standard InChI is InChI=1S/C14H18N4OS/c19-14(17-10-12-2-1-9-20-12)16-6-8-18-7-5-15-13(18)11-3-4-11/h1-2,5,7,9,11H,3-4,6,8,10H2,(H2,16,17,19). The summed E-state index contributed by atoms with van der Waals surface area (Å²) in [6, 6.07) is 3.88. The van der Waals surface area contributed by atoms with E-state index < -0.39 is 0 Å². The highest BCUT2D eigenvalue weighted by molar-refractivity contribution is 7.09. The van der Waals surface area contributed by atoms with Crippen LogP contribution in [0.2, 0.25) is 0 Å². The molecule has 0 saturated heterocycles. The molecular formula is C14H18N4OS. The fourth-order valence-electron chi connectivity index (χ4n) is 2.14. The molecule has 0 spiro atoms. The molecule has 1 aliphatic carbocycles. The number of carbonyl (C=O) groups excluding carboxylic acids is 1. The second-order valence-electron chi connectivity index (χ2n) is 4.94. The van der Waals surface area contributed by atoms with Crippen LogP contribution in [0.15, 0.2) is 29.9 Å². The van der Waals surface area contributed by atoms with Gasteiger partial charge >= 0.3 is 6.03 Å². The second kappa shape index (κ2) is 6.09. The fraction of sp³-hybridized carbons (Fsp3) is 0.429. The zero-order valence-corrected chi connectivity index (χ0v) is 12.0. The Balaban J connectivity index is 1.38. The zero-order valence-electron chi connectivity index (χ0n) is 11.2. The number of aromatic nitrogens is 2. The lowest BCUT2D eigenvalue weighted by Crippen LogP contribution is -2.36. The van der Waals surface area contributed by atoms with Crippen LogP contribution in [0.25, 0.3) is 0 Å². The van der Waals surface area contributed by atoms with Gasteiger partial charge in [-0.1, -0.05) is 6.07 Å². The molecule has 0 radical (unpaired) electrons. The van der Waals surface area contributed by atoms with E-state index >= 15 is 0 Å². The van der Waals surface area contributed by atoms with E-state index in [2.05, 4.69) is 20.2 Å². The minimum atomic E-state index is -0.119. The molecule has 1 aliphatic rings. The Morgan fingerprint density at radius 3 is 3.10 bits per heavy atom. The van der Waals surface area contributed by atoms with Crippen molar-refractivity contribution in [3.8, 4) is 0 Å². The Morgan fingerprint density at radius 1 is 1.45 bits per heavy atom. The van der Waals surface area contributed by atoms with Crippen LogP contribution in [0.4, 0.5) is 4.79 Å². The molecule has 2 aromatic rings. The van der Waals surface area contributed by atoms with Gasteiger partial charge in [0.1, 0.15) is 5.82 Å². The van der Waals surface area contributed by atoms with Crippen LogP contribution < -0.4 is 10.6 Å². The first-order chi connectivity index (χ1) is 9.83. The van der Waals surface area contributed by atoms with Crippen LogP contribution in [0.5, 0.6) is 0 Å². The summed E-state index contributed by atoms with van der Waals surface area (Å²) in [4.78, 5) is 17.2. The largest absolute Gasteiger partial charge is 0.336 e.